The van der Waals surface area contributed by atoms with Crippen LogP contribution in [0.25, 0.3) is 11.4 Å². The number of nitrogens with one attached hydrogen (secondary N) is 1. The largest absolute Gasteiger partial charge is 0.335 e. The van der Waals surface area contributed by atoms with Gasteiger partial charge in [-0.2, -0.15) is 4.80 Å². The molecule has 3 aromatic rings. The van der Waals surface area contributed by atoms with Crippen molar-refractivity contribution in [3.05, 3.63) is 59.2 Å². The van der Waals surface area contributed by atoms with Gasteiger partial charge in [-0.25, -0.2) is 0 Å². The number of para-hydroxylation sites is 1. The van der Waals surface area contributed by atoms with E-state index >= 15 is 0 Å². The minimum Gasteiger partial charge on any atom is -0.335 e. The number of hydrogen-bond acceptors (Lipinski definition) is 5. The van der Waals surface area contributed by atoms with Crippen LogP contribution in [0.5, 0.6) is 0 Å². The van der Waals surface area contributed by atoms with Gasteiger partial charge in [-0.3, -0.25) is 9.59 Å². The van der Waals surface area contributed by atoms with Gasteiger partial charge in [-0.05, 0) is 37.1 Å². The zero-order valence-electron chi connectivity index (χ0n) is 17.0. The maximum Gasteiger partial charge on any atom is 0.246 e. The van der Waals surface area contributed by atoms with E-state index in [1.165, 1.54) is 9.70 Å². The van der Waals surface area contributed by atoms with E-state index in [0.717, 1.165) is 27.9 Å². The fraction of sp³-hybridized carbons (Fsp3) is 0.286. The van der Waals surface area contributed by atoms with Gasteiger partial charge in [0.15, 0.2) is 0 Å². The first kappa shape index (κ1) is 20.2. The molecule has 1 N–H and O–H groups in total. The number of anilines is 1. The van der Waals surface area contributed by atoms with E-state index < -0.39 is 0 Å². The van der Waals surface area contributed by atoms with E-state index in [0.29, 0.717) is 5.82 Å². The first-order valence-electron chi connectivity index (χ1n) is 9.28. The van der Waals surface area contributed by atoms with Gasteiger partial charge in [0.25, 0.3) is 0 Å². The van der Waals surface area contributed by atoms with Crippen molar-refractivity contribution in [2.45, 2.75) is 27.3 Å². The molecule has 0 aliphatic rings. The topological polar surface area (TPSA) is 93.0 Å². The fourth-order valence-electron chi connectivity index (χ4n) is 2.86. The zero-order chi connectivity index (χ0) is 21.0. The average molecular weight is 392 g/mol. The van der Waals surface area contributed by atoms with Crippen LogP contribution >= 0.6 is 0 Å². The van der Waals surface area contributed by atoms with Crippen molar-refractivity contribution in [2.75, 3.05) is 18.9 Å². The Morgan fingerprint density at radius 1 is 1.03 bits per heavy atom. The second-order valence-electron chi connectivity index (χ2n) is 7.07. The maximum atomic E-state index is 12.4. The van der Waals surface area contributed by atoms with Gasteiger partial charge in [0.05, 0.1) is 6.54 Å². The Labute approximate surface area is 169 Å². The van der Waals surface area contributed by atoms with Crippen molar-refractivity contribution in [3.8, 4) is 11.4 Å². The second-order valence-corrected chi connectivity index (χ2v) is 7.07. The smallest absolute Gasteiger partial charge is 0.246 e. The van der Waals surface area contributed by atoms with E-state index in [1.807, 2.05) is 63.2 Å². The number of tetrazole rings is 1. The first-order valence-corrected chi connectivity index (χ1v) is 9.28. The number of carbonyl (C=O) groups excluding carboxylic acids is 2. The SMILES string of the molecule is Cc1ccc(-c2nnn(CC(=O)N(C)CC(=O)Nc3c(C)cccc3C)n2)cc1. The van der Waals surface area contributed by atoms with Crippen LogP contribution in [0.1, 0.15) is 16.7 Å². The Morgan fingerprint density at radius 3 is 2.34 bits per heavy atom. The molecule has 150 valence electrons. The minimum absolute atomic E-state index is 0.0634. The normalized spacial score (nSPS) is 10.6. The quantitative estimate of drug-likeness (QED) is 0.695. The number of aromatic nitrogens is 4. The molecule has 0 saturated heterocycles. The van der Waals surface area contributed by atoms with Gasteiger partial charge in [-0.15, -0.1) is 10.2 Å². The summed E-state index contributed by atoms with van der Waals surface area (Å²) in [5, 5.41) is 15.1. The standard InChI is InChI=1S/C21H24N6O2/c1-14-8-10-17(11-9-14)21-23-25-27(24-21)13-19(29)26(4)12-18(28)22-20-15(2)6-5-7-16(20)3/h5-11H,12-13H2,1-4H3,(H,22,28). The van der Waals surface area contributed by atoms with Gasteiger partial charge in [-0.1, -0.05) is 48.0 Å². The van der Waals surface area contributed by atoms with E-state index in [1.54, 1.807) is 7.05 Å². The number of likely N-dealkylation sites (N-methyl/N-ethyl adjacent to an activating group) is 1. The second kappa shape index (κ2) is 8.64. The highest BCUT2D eigenvalue weighted by atomic mass is 16.2. The molecule has 0 saturated carbocycles. The molecule has 1 aromatic heterocycles. The van der Waals surface area contributed by atoms with Crippen molar-refractivity contribution in [1.82, 2.24) is 25.1 Å². The lowest BCUT2D eigenvalue weighted by Crippen LogP contribution is -2.37. The predicted molar refractivity (Wildman–Crippen MR) is 110 cm³/mol. The van der Waals surface area contributed by atoms with E-state index in [-0.39, 0.29) is 24.9 Å². The van der Waals surface area contributed by atoms with Crippen molar-refractivity contribution in [2.24, 2.45) is 0 Å². The number of nitrogens with zero attached hydrogens (tertiary/aromatic N) is 5. The molecule has 8 heteroatoms. The number of hydrogen-bond donors (Lipinski definition) is 1. The lowest BCUT2D eigenvalue weighted by Gasteiger charge is -2.17. The number of benzene rings is 2. The summed E-state index contributed by atoms with van der Waals surface area (Å²) in [5.74, 6) is -0.0899. The summed E-state index contributed by atoms with van der Waals surface area (Å²) >= 11 is 0. The third kappa shape index (κ3) is 5.04. The van der Waals surface area contributed by atoms with Crippen LogP contribution in [-0.2, 0) is 16.1 Å². The van der Waals surface area contributed by atoms with E-state index in [9.17, 15) is 9.59 Å². The van der Waals surface area contributed by atoms with Crippen molar-refractivity contribution < 1.29 is 9.59 Å². The van der Waals surface area contributed by atoms with E-state index in [2.05, 4.69) is 20.7 Å². The molecule has 0 aliphatic carbocycles. The first-order chi connectivity index (χ1) is 13.8. The number of carbonyl (C=O) groups is 2. The van der Waals surface area contributed by atoms with Gasteiger partial charge in [0.1, 0.15) is 6.54 Å². The summed E-state index contributed by atoms with van der Waals surface area (Å²) in [7, 11) is 1.57. The predicted octanol–water partition coefficient (Wildman–Crippen LogP) is 2.36. The Hall–Kier alpha value is -3.55. The summed E-state index contributed by atoms with van der Waals surface area (Å²) in [6.45, 7) is 5.70. The summed E-state index contributed by atoms with van der Waals surface area (Å²) < 4.78 is 0. The molecule has 8 nitrogen and oxygen atoms in total. The monoisotopic (exact) mass is 392 g/mol. The number of aryl methyl sites for hydroxylation is 3. The molecule has 29 heavy (non-hydrogen) atoms. The van der Waals surface area contributed by atoms with Crippen molar-refractivity contribution in [1.29, 1.82) is 0 Å². The highest BCUT2D eigenvalue weighted by Crippen LogP contribution is 2.19. The molecule has 0 radical (unpaired) electrons. The van der Waals surface area contributed by atoms with Crippen molar-refractivity contribution in [3.63, 3.8) is 0 Å². The Kier molecular flexibility index (Phi) is 6.01. The van der Waals surface area contributed by atoms with Crippen molar-refractivity contribution >= 4 is 17.5 Å². The molecule has 0 spiro atoms. The van der Waals surface area contributed by atoms with E-state index in [4.69, 9.17) is 0 Å². The summed E-state index contributed by atoms with van der Waals surface area (Å²) in [5.41, 5.74) is 4.69. The van der Waals surface area contributed by atoms with Gasteiger partial charge < -0.3 is 10.2 Å². The van der Waals surface area contributed by atoms with Crippen LogP contribution in [0.4, 0.5) is 5.69 Å². The highest BCUT2D eigenvalue weighted by Gasteiger charge is 2.16. The Morgan fingerprint density at radius 2 is 1.69 bits per heavy atom. The lowest BCUT2D eigenvalue weighted by atomic mass is 10.1. The molecule has 1 heterocycles. The average Bonchev–Trinajstić information content (AvgIpc) is 3.13. The maximum absolute atomic E-state index is 12.4. The molecule has 0 fully saturated rings. The summed E-state index contributed by atoms with van der Waals surface area (Å²) in [6.07, 6.45) is 0. The van der Waals surface area contributed by atoms with Crippen LogP contribution in [0, 0.1) is 20.8 Å². The molecule has 0 atom stereocenters. The molecule has 2 aromatic carbocycles. The molecule has 0 bridgehead atoms. The van der Waals surface area contributed by atoms with Crippen LogP contribution < -0.4 is 5.32 Å². The summed E-state index contributed by atoms with van der Waals surface area (Å²) in [4.78, 5) is 27.4. The van der Waals surface area contributed by atoms with Crippen LogP contribution in [0.15, 0.2) is 42.5 Å². The fourth-order valence-corrected chi connectivity index (χ4v) is 2.86. The van der Waals surface area contributed by atoms with Crippen LogP contribution in [-0.4, -0.2) is 50.5 Å². The Bertz CT molecular complexity index is 1010. The third-order valence-corrected chi connectivity index (χ3v) is 4.59. The van der Waals surface area contributed by atoms with Crippen LogP contribution in [0.3, 0.4) is 0 Å². The molecule has 0 aliphatic heterocycles. The molecular formula is C21H24N6O2. The number of rotatable bonds is 6. The lowest BCUT2D eigenvalue weighted by molar-refractivity contribution is -0.134. The van der Waals surface area contributed by atoms with Crippen LogP contribution in [0.2, 0.25) is 0 Å². The Balaban J connectivity index is 1.58. The molecule has 3 rings (SSSR count). The van der Waals surface area contributed by atoms with Gasteiger partial charge in [0, 0.05) is 18.3 Å². The third-order valence-electron chi connectivity index (χ3n) is 4.59. The minimum atomic E-state index is -0.283. The molecule has 2 amide bonds. The molecular weight excluding hydrogens is 368 g/mol. The summed E-state index contributed by atoms with van der Waals surface area (Å²) in [6, 6.07) is 13.5. The molecule has 0 unspecified atom stereocenters. The number of amides is 2. The van der Waals surface area contributed by atoms with Gasteiger partial charge in [0.2, 0.25) is 17.6 Å². The van der Waals surface area contributed by atoms with Gasteiger partial charge >= 0.3 is 0 Å². The highest BCUT2D eigenvalue weighted by molar-refractivity contribution is 5.95. The zero-order valence-corrected chi connectivity index (χ0v) is 17.0.